The van der Waals surface area contributed by atoms with Crippen LogP contribution in [0.3, 0.4) is 0 Å². The molecule has 0 unspecified atom stereocenters. The molecule has 0 saturated carbocycles. The number of aliphatic hydroxyl groups is 1. The molecule has 8 nitrogen and oxygen atoms in total. The van der Waals surface area contributed by atoms with Crippen LogP contribution in [0.15, 0.2) is 35.0 Å². The Balaban J connectivity index is 1.90. The fraction of sp³-hybridized carbons (Fsp3) is 0.357. The van der Waals surface area contributed by atoms with E-state index in [0.717, 1.165) is 0 Å². The third-order valence-corrected chi connectivity index (χ3v) is 4.57. The minimum atomic E-state index is -1.67. The highest BCUT2D eigenvalue weighted by molar-refractivity contribution is 5.92. The minimum absolute atomic E-state index is 0.0810. The van der Waals surface area contributed by atoms with Crippen LogP contribution in [0.2, 0.25) is 0 Å². The first kappa shape index (κ1) is 13.2. The van der Waals surface area contributed by atoms with Crippen LogP contribution in [0.25, 0.3) is 0 Å². The third-order valence-electron chi connectivity index (χ3n) is 4.57. The average molecular weight is 302 g/mol. The summed E-state index contributed by atoms with van der Waals surface area (Å²) < 4.78 is 5.24. The Bertz CT molecular complexity index is 787. The van der Waals surface area contributed by atoms with Gasteiger partial charge in [-0.2, -0.15) is 4.74 Å². The predicted molar refractivity (Wildman–Crippen MR) is 73.2 cm³/mol. The SMILES string of the molecule is N[C@]1(c2ccccc2)C[C@]2(O)C(=[N+]1[O-])CCc1c2no[n+]1[O-]. The molecule has 0 saturated heterocycles. The maximum Gasteiger partial charge on any atom is 0.263 e. The highest BCUT2D eigenvalue weighted by Gasteiger charge is 2.64. The molecule has 3 N–H and O–H groups in total. The van der Waals surface area contributed by atoms with Crippen LogP contribution in [-0.2, 0) is 17.7 Å². The van der Waals surface area contributed by atoms with Gasteiger partial charge in [0, 0.05) is 23.6 Å². The Morgan fingerprint density at radius 2 is 1.95 bits per heavy atom. The molecule has 1 aromatic carbocycles. The Morgan fingerprint density at radius 3 is 2.68 bits per heavy atom. The molecule has 2 atom stereocenters. The lowest BCUT2D eigenvalue weighted by atomic mass is 9.80. The molecule has 2 aliphatic rings. The van der Waals surface area contributed by atoms with Crippen molar-refractivity contribution in [3.8, 4) is 0 Å². The van der Waals surface area contributed by atoms with Gasteiger partial charge in [0.25, 0.3) is 11.4 Å². The fourth-order valence-electron chi connectivity index (χ4n) is 3.47. The molecule has 2 aromatic rings. The highest BCUT2D eigenvalue weighted by atomic mass is 16.8. The van der Waals surface area contributed by atoms with E-state index in [2.05, 4.69) is 9.79 Å². The first-order chi connectivity index (χ1) is 10.5. The van der Waals surface area contributed by atoms with Crippen LogP contribution < -0.4 is 10.6 Å². The van der Waals surface area contributed by atoms with E-state index in [1.165, 1.54) is 0 Å². The molecule has 0 spiro atoms. The summed E-state index contributed by atoms with van der Waals surface area (Å²) in [5.41, 5.74) is 4.41. The molecule has 4 rings (SSSR count). The molecule has 8 heteroatoms. The van der Waals surface area contributed by atoms with Crippen molar-refractivity contribution in [1.29, 1.82) is 0 Å². The van der Waals surface area contributed by atoms with Crippen molar-refractivity contribution in [1.82, 2.24) is 5.16 Å². The second-order valence-electron chi connectivity index (χ2n) is 5.79. The lowest BCUT2D eigenvalue weighted by Gasteiger charge is -2.24. The molecule has 0 bridgehead atoms. The quantitative estimate of drug-likeness (QED) is 0.546. The van der Waals surface area contributed by atoms with E-state index < -0.39 is 11.3 Å². The summed E-state index contributed by atoms with van der Waals surface area (Å²) in [4.78, 5) is 0.276. The van der Waals surface area contributed by atoms with Gasteiger partial charge in [0.1, 0.15) is 0 Å². The van der Waals surface area contributed by atoms with Crippen LogP contribution in [0.1, 0.15) is 29.8 Å². The zero-order valence-electron chi connectivity index (χ0n) is 11.6. The summed E-state index contributed by atoms with van der Waals surface area (Å²) in [6.45, 7) is 0. The van der Waals surface area contributed by atoms with E-state index in [-0.39, 0.29) is 41.3 Å². The molecule has 22 heavy (non-hydrogen) atoms. The second kappa shape index (κ2) is 4.05. The highest BCUT2D eigenvalue weighted by Crippen LogP contribution is 2.45. The second-order valence-corrected chi connectivity index (χ2v) is 5.79. The lowest BCUT2D eigenvalue weighted by molar-refractivity contribution is -0.808. The van der Waals surface area contributed by atoms with Crippen LogP contribution in [0, 0.1) is 10.4 Å². The summed E-state index contributed by atoms with van der Waals surface area (Å²) in [7, 11) is 0. The van der Waals surface area contributed by atoms with Gasteiger partial charge in [0.05, 0.1) is 6.42 Å². The van der Waals surface area contributed by atoms with Gasteiger partial charge in [-0.25, -0.2) is 0 Å². The smallest absolute Gasteiger partial charge is 0.263 e. The first-order valence-corrected chi connectivity index (χ1v) is 6.96. The maximum atomic E-state index is 12.7. The largest absolute Gasteiger partial charge is 0.622 e. The van der Waals surface area contributed by atoms with Crippen molar-refractivity contribution >= 4 is 5.71 Å². The van der Waals surface area contributed by atoms with E-state index in [1.807, 2.05) is 6.07 Å². The van der Waals surface area contributed by atoms with Gasteiger partial charge in [-0.15, -0.1) is 0 Å². The van der Waals surface area contributed by atoms with Crippen LogP contribution in [0.4, 0.5) is 0 Å². The summed E-state index contributed by atoms with van der Waals surface area (Å²) in [5.74, 6) is 0. The molecule has 2 heterocycles. The van der Waals surface area contributed by atoms with Gasteiger partial charge in [0.2, 0.25) is 17.0 Å². The van der Waals surface area contributed by atoms with E-state index >= 15 is 0 Å². The maximum absolute atomic E-state index is 12.7. The predicted octanol–water partition coefficient (Wildman–Crippen LogP) is -0.391. The Labute approximate surface area is 125 Å². The first-order valence-electron chi connectivity index (χ1n) is 6.96. The van der Waals surface area contributed by atoms with Gasteiger partial charge in [-0.05, 0) is 4.90 Å². The van der Waals surface area contributed by atoms with E-state index in [1.54, 1.807) is 24.3 Å². The van der Waals surface area contributed by atoms with Crippen LogP contribution in [0.5, 0.6) is 0 Å². The molecule has 0 radical (unpaired) electrons. The van der Waals surface area contributed by atoms with Gasteiger partial charge in [-0.3, -0.25) is 10.4 Å². The van der Waals surface area contributed by atoms with E-state index in [9.17, 15) is 15.5 Å². The van der Waals surface area contributed by atoms with Crippen molar-refractivity contribution in [2.24, 2.45) is 5.73 Å². The standard InChI is InChI=1S/C14H14N4O4/c15-14(9-4-2-1-3-5-9)8-13(19)11(17(14)20)7-6-10-12(13)16-22-18(10)21/h1-5,19H,6-8,15H2/t13-,14+/m0/s1. The zero-order valence-corrected chi connectivity index (χ0v) is 11.6. The van der Waals surface area contributed by atoms with Gasteiger partial charge >= 0.3 is 0 Å². The number of nitrogens with zero attached hydrogens (tertiary/aromatic N) is 3. The molecule has 114 valence electrons. The fourth-order valence-corrected chi connectivity index (χ4v) is 3.47. The summed E-state index contributed by atoms with van der Waals surface area (Å²) >= 11 is 0. The average Bonchev–Trinajstić information content (AvgIpc) is 2.99. The zero-order chi connectivity index (χ0) is 15.5. The number of fused-ring (bicyclic) bond motifs is 3. The monoisotopic (exact) mass is 302 g/mol. The molecule has 1 aliphatic heterocycles. The number of aromatic nitrogens is 2. The summed E-state index contributed by atoms with van der Waals surface area (Å²) in [5, 5.41) is 38.9. The lowest BCUT2D eigenvalue weighted by Crippen LogP contribution is -2.44. The number of hydrogen-bond donors (Lipinski definition) is 2. The summed E-state index contributed by atoms with van der Waals surface area (Å²) in [6.07, 6.45) is 0.439. The van der Waals surface area contributed by atoms with Crippen LogP contribution in [-0.4, -0.2) is 20.7 Å². The van der Waals surface area contributed by atoms with E-state index in [4.69, 9.17) is 5.73 Å². The molecule has 0 fully saturated rings. The molecular weight excluding hydrogens is 288 g/mol. The Kier molecular flexibility index (Phi) is 2.44. The Morgan fingerprint density at radius 1 is 1.23 bits per heavy atom. The number of nitrogens with two attached hydrogens (primary N) is 1. The normalized spacial score (nSPS) is 30.3. The van der Waals surface area contributed by atoms with Crippen molar-refractivity contribution in [3.63, 3.8) is 0 Å². The van der Waals surface area contributed by atoms with Gasteiger partial charge in [0.15, 0.2) is 0 Å². The topological polar surface area (TPSA) is 125 Å². The van der Waals surface area contributed by atoms with Crippen LogP contribution >= 0.6 is 0 Å². The molecule has 0 amide bonds. The van der Waals surface area contributed by atoms with Gasteiger partial charge < -0.3 is 15.5 Å². The number of benzene rings is 1. The van der Waals surface area contributed by atoms with Crippen molar-refractivity contribution in [2.45, 2.75) is 30.5 Å². The van der Waals surface area contributed by atoms with E-state index in [0.29, 0.717) is 10.3 Å². The Hall–Kier alpha value is -2.45. The number of hydrogen-bond acceptors (Lipinski definition) is 6. The molecule has 1 aliphatic carbocycles. The molecular formula is C14H14N4O4. The van der Waals surface area contributed by atoms with Crippen molar-refractivity contribution in [3.05, 3.63) is 57.7 Å². The van der Waals surface area contributed by atoms with Gasteiger partial charge in [-0.1, -0.05) is 30.3 Å². The number of hydroxylamine groups is 1. The summed E-state index contributed by atoms with van der Waals surface area (Å²) in [6, 6.07) is 8.86. The van der Waals surface area contributed by atoms with Crippen molar-refractivity contribution < 1.29 is 19.4 Å². The number of rotatable bonds is 1. The van der Waals surface area contributed by atoms with Crippen molar-refractivity contribution in [2.75, 3.05) is 0 Å². The molecule has 1 aromatic heterocycles. The third kappa shape index (κ3) is 1.45. The minimum Gasteiger partial charge on any atom is -0.622 e.